The summed E-state index contributed by atoms with van der Waals surface area (Å²) >= 11 is 5.15. The SMILES string of the molecule is C=CCn1c(-c2ccccc2Br)csc1=Nc1c(C)n(C)n(-c2ccccc2)c1=O. The van der Waals surface area contributed by atoms with Crippen LogP contribution >= 0.6 is 27.3 Å². The topological polar surface area (TPSA) is 44.2 Å². The minimum Gasteiger partial charge on any atom is -0.313 e. The van der Waals surface area contributed by atoms with Gasteiger partial charge in [-0.15, -0.1) is 17.9 Å². The van der Waals surface area contributed by atoms with E-state index in [1.807, 2.05) is 73.3 Å². The van der Waals surface area contributed by atoms with E-state index in [9.17, 15) is 4.79 Å². The summed E-state index contributed by atoms with van der Waals surface area (Å²) in [5, 5.41) is 2.07. The zero-order valence-corrected chi connectivity index (χ0v) is 19.2. The second kappa shape index (κ2) is 8.45. The molecule has 4 rings (SSSR count). The first-order valence-electron chi connectivity index (χ1n) is 9.45. The van der Waals surface area contributed by atoms with Gasteiger partial charge < -0.3 is 4.57 Å². The molecule has 0 saturated heterocycles. The first-order chi connectivity index (χ1) is 14.5. The van der Waals surface area contributed by atoms with Gasteiger partial charge in [0.25, 0.3) is 5.56 Å². The van der Waals surface area contributed by atoms with Crippen LogP contribution in [0.1, 0.15) is 5.69 Å². The van der Waals surface area contributed by atoms with E-state index in [4.69, 9.17) is 4.99 Å². The highest BCUT2D eigenvalue weighted by atomic mass is 79.9. The first-order valence-corrected chi connectivity index (χ1v) is 11.1. The quantitative estimate of drug-likeness (QED) is 0.362. The van der Waals surface area contributed by atoms with Crippen LogP contribution in [-0.2, 0) is 13.6 Å². The van der Waals surface area contributed by atoms with Crippen molar-refractivity contribution >= 4 is 33.0 Å². The van der Waals surface area contributed by atoms with Crippen LogP contribution in [0.2, 0.25) is 0 Å². The van der Waals surface area contributed by atoms with Crippen molar-refractivity contribution in [3.05, 3.63) is 98.0 Å². The Morgan fingerprint density at radius 2 is 1.83 bits per heavy atom. The Kier molecular flexibility index (Phi) is 5.74. The predicted octanol–water partition coefficient (Wildman–Crippen LogP) is 5.20. The number of benzene rings is 2. The molecule has 2 aromatic carbocycles. The lowest BCUT2D eigenvalue weighted by molar-refractivity contribution is 0.630. The van der Waals surface area contributed by atoms with Crippen molar-refractivity contribution in [1.29, 1.82) is 0 Å². The highest BCUT2D eigenvalue weighted by Gasteiger charge is 2.17. The first kappa shape index (κ1) is 20.4. The number of rotatable bonds is 5. The monoisotopic (exact) mass is 480 g/mol. The van der Waals surface area contributed by atoms with Gasteiger partial charge in [-0.25, -0.2) is 9.67 Å². The number of para-hydroxylation sites is 1. The second-order valence-corrected chi connectivity index (χ2v) is 8.50. The van der Waals surface area contributed by atoms with E-state index >= 15 is 0 Å². The average Bonchev–Trinajstić information content (AvgIpc) is 3.23. The largest absolute Gasteiger partial charge is 0.313 e. The van der Waals surface area contributed by atoms with E-state index in [0.29, 0.717) is 12.2 Å². The molecular weight excluding hydrogens is 460 g/mol. The van der Waals surface area contributed by atoms with Gasteiger partial charge in [-0.3, -0.25) is 9.48 Å². The molecule has 0 saturated carbocycles. The molecule has 30 heavy (non-hydrogen) atoms. The number of aromatic nitrogens is 3. The summed E-state index contributed by atoms with van der Waals surface area (Å²) in [5.41, 5.74) is 4.03. The fourth-order valence-corrected chi connectivity index (χ4v) is 4.79. The van der Waals surface area contributed by atoms with Gasteiger partial charge >= 0.3 is 0 Å². The van der Waals surface area contributed by atoms with E-state index < -0.39 is 0 Å². The Balaban J connectivity index is 1.93. The molecule has 5 nitrogen and oxygen atoms in total. The number of nitrogens with zero attached hydrogens (tertiary/aromatic N) is 4. The molecular formula is C23H21BrN4OS. The smallest absolute Gasteiger partial charge is 0.297 e. The predicted molar refractivity (Wildman–Crippen MR) is 127 cm³/mol. The van der Waals surface area contributed by atoms with E-state index in [1.165, 1.54) is 11.3 Å². The van der Waals surface area contributed by atoms with E-state index in [1.54, 1.807) is 4.68 Å². The number of allylic oxidation sites excluding steroid dienone is 1. The molecule has 0 unspecified atom stereocenters. The number of hydrogen-bond acceptors (Lipinski definition) is 3. The van der Waals surface area contributed by atoms with Crippen LogP contribution in [-0.4, -0.2) is 13.9 Å². The van der Waals surface area contributed by atoms with Gasteiger partial charge in [0.05, 0.1) is 17.1 Å². The van der Waals surface area contributed by atoms with Gasteiger partial charge in [0.1, 0.15) is 0 Å². The van der Waals surface area contributed by atoms with Crippen molar-refractivity contribution in [2.75, 3.05) is 0 Å². The maximum absolute atomic E-state index is 13.2. The van der Waals surface area contributed by atoms with Crippen molar-refractivity contribution in [3.63, 3.8) is 0 Å². The van der Waals surface area contributed by atoms with Crippen molar-refractivity contribution in [1.82, 2.24) is 13.9 Å². The molecule has 0 radical (unpaired) electrons. The van der Waals surface area contributed by atoms with Crippen LogP contribution in [0.3, 0.4) is 0 Å². The lowest BCUT2D eigenvalue weighted by atomic mass is 10.2. The fraction of sp³-hybridized carbons (Fsp3) is 0.130. The lowest BCUT2D eigenvalue weighted by Gasteiger charge is -2.08. The summed E-state index contributed by atoms with van der Waals surface area (Å²) in [6.07, 6.45) is 1.84. The van der Waals surface area contributed by atoms with Crippen LogP contribution in [0.4, 0.5) is 5.69 Å². The molecule has 0 amide bonds. The summed E-state index contributed by atoms with van der Waals surface area (Å²) in [7, 11) is 1.88. The van der Waals surface area contributed by atoms with E-state index in [-0.39, 0.29) is 5.56 Å². The molecule has 4 aromatic rings. The summed E-state index contributed by atoms with van der Waals surface area (Å²) in [6.45, 7) is 6.41. The van der Waals surface area contributed by atoms with Crippen molar-refractivity contribution < 1.29 is 0 Å². The normalized spacial score (nSPS) is 11.8. The number of halogens is 1. The minimum atomic E-state index is -0.137. The third-order valence-electron chi connectivity index (χ3n) is 4.99. The lowest BCUT2D eigenvalue weighted by Crippen LogP contribution is -2.20. The Hall–Kier alpha value is -2.90. The molecule has 0 aliphatic rings. The highest BCUT2D eigenvalue weighted by molar-refractivity contribution is 9.10. The average molecular weight is 481 g/mol. The zero-order chi connectivity index (χ0) is 21.3. The summed E-state index contributed by atoms with van der Waals surface area (Å²) in [5.74, 6) is 0. The molecule has 0 N–H and O–H groups in total. The molecule has 0 fully saturated rings. The fourth-order valence-electron chi connectivity index (χ4n) is 3.39. The van der Waals surface area contributed by atoms with Crippen LogP contribution in [0, 0.1) is 6.92 Å². The van der Waals surface area contributed by atoms with Gasteiger partial charge in [0.15, 0.2) is 10.5 Å². The van der Waals surface area contributed by atoms with Gasteiger partial charge in [-0.1, -0.05) is 58.4 Å². The molecule has 152 valence electrons. The minimum absolute atomic E-state index is 0.137. The van der Waals surface area contributed by atoms with Crippen LogP contribution in [0.5, 0.6) is 0 Å². The maximum Gasteiger partial charge on any atom is 0.297 e. The molecule has 7 heteroatoms. The van der Waals surface area contributed by atoms with E-state index in [2.05, 4.69) is 38.5 Å². The molecule has 0 spiro atoms. The summed E-state index contributed by atoms with van der Waals surface area (Å²) in [4.78, 5) is 18.8. The second-order valence-electron chi connectivity index (χ2n) is 6.80. The van der Waals surface area contributed by atoms with Gasteiger partial charge in [0.2, 0.25) is 0 Å². The molecule has 2 heterocycles. The Morgan fingerprint density at radius 1 is 1.13 bits per heavy atom. The summed E-state index contributed by atoms with van der Waals surface area (Å²) in [6, 6.07) is 17.7. The number of thiazole rings is 1. The van der Waals surface area contributed by atoms with Gasteiger partial charge in [0, 0.05) is 29.0 Å². The van der Waals surface area contributed by atoms with Crippen molar-refractivity contribution in [2.45, 2.75) is 13.5 Å². The molecule has 0 bridgehead atoms. The molecule has 0 atom stereocenters. The third kappa shape index (κ3) is 3.55. The molecule has 0 aliphatic heterocycles. The van der Waals surface area contributed by atoms with Gasteiger partial charge in [-0.05, 0) is 25.1 Å². The van der Waals surface area contributed by atoms with Crippen LogP contribution < -0.4 is 10.4 Å². The standard InChI is InChI=1S/C23H21BrN4OS/c1-4-14-27-20(18-12-8-9-13-19(18)24)15-30-23(27)25-21-16(2)26(3)28(22(21)29)17-10-6-5-7-11-17/h4-13,15H,1,14H2,2-3H3. The van der Waals surface area contributed by atoms with Crippen LogP contribution in [0.25, 0.3) is 16.9 Å². The number of hydrogen-bond donors (Lipinski definition) is 0. The molecule has 0 aliphatic carbocycles. The van der Waals surface area contributed by atoms with Crippen LogP contribution in [0.15, 0.2) is 86.9 Å². The maximum atomic E-state index is 13.2. The Morgan fingerprint density at radius 3 is 2.53 bits per heavy atom. The molecule has 2 aromatic heterocycles. The third-order valence-corrected chi connectivity index (χ3v) is 6.55. The Bertz CT molecular complexity index is 1340. The zero-order valence-electron chi connectivity index (χ0n) is 16.7. The highest BCUT2D eigenvalue weighted by Crippen LogP contribution is 2.28. The van der Waals surface area contributed by atoms with Crippen molar-refractivity contribution in [3.8, 4) is 16.9 Å². The van der Waals surface area contributed by atoms with E-state index in [0.717, 1.165) is 31.9 Å². The summed E-state index contributed by atoms with van der Waals surface area (Å²) < 4.78 is 6.58. The van der Waals surface area contributed by atoms with Gasteiger partial charge in [-0.2, -0.15) is 0 Å². The Labute approximate surface area is 187 Å². The van der Waals surface area contributed by atoms with Crippen molar-refractivity contribution in [2.24, 2.45) is 12.0 Å².